The highest BCUT2D eigenvalue weighted by atomic mass is 28.2. The molecule has 0 atom stereocenters. The van der Waals surface area contributed by atoms with Gasteiger partial charge in [-0.1, -0.05) is 18.2 Å². The molecule has 2 radical (unpaired) electrons. The summed E-state index contributed by atoms with van der Waals surface area (Å²) in [6.45, 7) is 0.444. The average Bonchev–Trinajstić information content (AvgIpc) is 2.72. The molecule has 0 aliphatic carbocycles. The molecule has 0 saturated carbocycles. The smallest absolute Gasteiger partial charge is 0.261 e. The molecule has 0 aromatic heterocycles. The van der Waals surface area contributed by atoms with Gasteiger partial charge < -0.3 is 9.47 Å². The van der Waals surface area contributed by atoms with Crippen LogP contribution in [0.25, 0.3) is 0 Å². The van der Waals surface area contributed by atoms with Gasteiger partial charge >= 0.3 is 0 Å². The molecule has 0 fully saturated rings. The molecule has 0 saturated heterocycles. The largest absolute Gasteiger partial charge is 0.360 e. The maximum atomic E-state index is 12.1. The number of ether oxygens (including phenoxy) is 2. The minimum atomic E-state index is -0.197. The SMILES string of the molecule is COC(OC)[Si]CCCN1C(=O)c2ccccc2C1=O. The molecule has 0 spiro atoms. The fourth-order valence-electron chi connectivity index (χ4n) is 2.16. The molecule has 1 aliphatic rings. The molecule has 20 heavy (non-hydrogen) atoms. The van der Waals surface area contributed by atoms with E-state index in [-0.39, 0.29) is 17.7 Å². The third kappa shape index (κ3) is 2.97. The van der Waals surface area contributed by atoms with Gasteiger partial charge in [0.2, 0.25) is 0 Å². The number of carbonyl (C=O) groups excluding carboxylic acids is 2. The molecule has 0 unspecified atom stereocenters. The van der Waals surface area contributed by atoms with Crippen molar-refractivity contribution in [2.45, 2.75) is 18.4 Å². The first kappa shape index (κ1) is 14.9. The first-order valence-corrected chi connectivity index (χ1v) is 7.71. The topological polar surface area (TPSA) is 55.8 Å². The van der Waals surface area contributed by atoms with Gasteiger partial charge in [0.25, 0.3) is 11.8 Å². The van der Waals surface area contributed by atoms with Gasteiger partial charge in [-0.3, -0.25) is 14.5 Å². The number of rotatable bonds is 7. The summed E-state index contributed by atoms with van der Waals surface area (Å²) >= 11 is 0. The van der Waals surface area contributed by atoms with E-state index >= 15 is 0 Å². The van der Waals surface area contributed by atoms with E-state index in [9.17, 15) is 9.59 Å². The molecule has 1 aromatic rings. The lowest BCUT2D eigenvalue weighted by molar-refractivity contribution is -0.0441. The lowest BCUT2D eigenvalue weighted by atomic mass is 10.1. The molecule has 1 aromatic carbocycles. The first-order chi connectivity index (χ1) is 9.69. The number of benzene rings is 1. The number of hydrogen-bond donors (Lipinski definition) is 0. The van der Waals surface area contributed by atoms with Crippen LogP contribution in [0.15, 0.2) is 24.3 Å². The normalized spacial score (nSPS) is 14.2. The number of nitrogens with zero attached hydrogens (tertiary/aromatic N) is 1. The third-order valence-corrected chi connectivity index (χ3v) is 4.62. The van der Waals surface area contributed by atoms with Crippen LogP contribution in [0.1, 0.15) is 27.1 Å². The second kappa shape index (κ2) is 6.78. The number of imide groups is 1. The summed E-state index contributed by atoms with van der Waals surface area (Å²) in [5.74, 6) is -0.579. The van der Waals surface area contributed by atoms with Crippen molar-refractivity contribution in [2.75, 3.05) is 20.8 Å². The average molecular weight is 291 g/mol. The van der Waals surface area contributed by atoms with E-state index in [1.54, 1.807) is 38.5 Å². The van der Waals surface area contributed by atoms with Crippen molar-refractivity contribution < 1.29 is 19.1 Å². The van der Waals surface area contributed by atoms with Crippen molar-refractivity contribution in [3.05, 3.63) is 35.4 Å². The molecule has 6 heteroatoms. The van der Waals surface area contributed by atoms with E-state index in [4.69, 9.17) is 9.47 Å². The summed E-state index contributed by atoms with van der Waals surface area (Å²) in [5.41, 5.74) is 1.01. The lowest BCUT2D eigenvalue weighted by Gasteiger charge is -2.15. The number of fused-ring (bicyclic) bond motifs is 1. The van der Waals surface area contributed by atoms with Crippen LogP contribution in [-0.4, -0.2) is 52.9 Å². The van der Waals surface area contributed by atoms with Crippen LogP contribution < -0.4 is 0 Å². The predicted molar refractivity (Wildman–Crippen MR) is 74.8 cm³/mol. The monoisotopic (exact) mass is 291 g/mol. The molecule has 2 rings (SSSR count). The van der Waals surface area contributed by atoms with Crippen LogP contribution in [0.4, 0.5) is 0 Å². The van der Waals surface area contributed by atoms with Crippen LogP contribution in [0.3, 0.4) is 0 Å². The number of methoxy groups -OCH3 is 2. The van der Waals surface area contributed by atoms with Crippen molar-refractivity contribution in [1.82, 2.24) is 4.90 Å². The minimum absolute atomic E-state index is 0.191. The quantitative estimate of drug-likeness (QED) is 0.329. The second-order valence-corrected chi connectivity index (χ2v) is 5.80. The first-order valence-electron chi connectivity index (χ1n) is 6.43. The molecule has 2 amide bonds. The van der Waals surface area contributed by atoms with Gasteiger partial charge in [-0.2, -0.15) is 0 Å². The van der Waals surface area contributed by atoms with E-state index in [2.05, 4.69) is 0 Å². The van der Waals surface area contributed by atoms with E-state index in [0.717, 1.165) is 12.5 Å². The van der Waals surface area contributed by atoms with Crippen LogP contribution in [0, 0.1) is 0 Å². The standard InChI is InChI=1S/C14H17NO4Si/c1-18-14(19-2)20-9-5-8-15-12(16)10-6-3-4-7-11(10)13(15)17/h3-4,6-7,14H,5,8-9H2,1-2H3. The molecule has 0 N–H and O–H groups in total. The Hall–Kier alpha value is -1.50. The zero-order valence-corrected chi connectivity index (χ0v) is 12.6. The van der Waals surface area contributed by atoms with Gasteiger partial charge in [0, 0.05) is 20.8 Å². The molecule has 1 heterocycles. The number of amides is 2. The van der Waals surface area contributed by atoms with Crippen molar-refractivity contribution >= 4 is 21.3 Å². The van der Waals surface area contributed by atoms with Crippen molar-refractivity contribution in [2.24, 2.45) is 0 Å². The lowest BCUT2D eigenvalue weighted by Crippen LogP contribution is -2.31. The molecular weight excluding hydrogens is 274 g/mol. The highest BCUT2D eigenvalue weighted by Gasteiger charge is 2.34. The minimum Gasteiger partial charge on any atom is -0.360 e. The highest BCUT2D eigenvalue weighted by molar-refractivity contribution is 6.36. The Labute approximate surface area is 120 Å². The zero-order valence-electron chi connectivity index (χ0n) is 11.6. The number of hydrogen-bond acceptors (Lipinski definition) is 4. The van der Waals surface area contributed by atoms with E-state index in [1.807, 2.05) is 0 Å². The summed E-state index contributed by atoms with van der Waals surface area (Å²) < 4.78 is 10.2. The van der Waals surface area contributed by atoms with Crippen molar-refractivity contribution in [3.8, 4) is 0 Å². The summed E-state index contributed by atoms with van der Waals surface area (Å²) in [6, 6.07) is 7.81. The van der Waals surface area contributed by atoms with Gasteiger partial charge in [0.05, 0.1) is 11.1 Å². The Bertz CT molecular complexity index is 467. The number of carbonyl (C=O) groups is 2. The summed E-state index contributed by atoms with van der Waals surface area (Å²) in [4.78, 5) is 25.5. The van der Waals surface area contributed by atoms with E-state index in [1.165, 1.54) is 4.90 Å². The van der Waals surface area contributed by atoms with Gasteiger partial charge in [0.1, 0.15) is 15.4 Å². The van der Waals surface area contributed by atoms with Crippen molar-refractivity contribution in [3.63, 3.8) is 0 Å². The van der Waals surface area contributed by atoms with Crippen LogP contribution in [0.5, 0.6) is 0 Å². The fraction of sp³-hybridized carbons (Fsp3) is 0.429. The molecule has 1 aliphatic heterocycles. The van der Waals surface area contributed by atoms with Crippen LogP contribution in [-0.2, 0) is 9.47 Å². The van der Waals surface area contributed by atoms with Gasteiger partial charge in [-0.15, -0.1) is 0 Å². The molecular formula is C14H17NO4Si. The third-order valence-electron chi connectivity index (χ3n) is 3.18. The molecule has 0 bridgehead atoms. The summed E-state index contributed by atoms with van der Waals surface area (Å²) in [7, 11) is 3.70. The maximum absolute atomic E-state index is 12.1. The zero-order chi connectivity index (χ0) is 14.5. The van der Waals surface area contributed by atoms with Crippen LogP contribution >= 0.6 is 0 Å². The summed E-state index contributed by atoms with van der Waals surface area (Å²) in [6.07, 6.45) is 0.757. The summed E-state index contributed by atoms with van der Waals surface area (Å²) in [5, 5.41) is 0. The Kier molecular flexibility index (Phi) is 5.05. The van der Waals surface area contributed by atoms with E-state index < -0.39 is 0 Å². The Morgan fingerprint density at radius 1 is 1.10 bits per heavy atom. The molecule has 106 valence electrons. The van der Waals surface area contributed by atoms with Gasteiger partial charge in [0.15, 0.2) is 0 Å². The van der Waals surface area contributed by atoms with E-state index in [0.29, 0.717) is 27.2 Å². The van der Waals surface area contributed by atoms with Crippen LogP contribution in [0.2, 0.25) is 6.04 Å². The predicted octanol–water partition coefficient (Wildman–Crippen LogP) is 1.37. The van der Waals surface area contributed by atoms with Gasteiger partial charge in [-0.25, -0.2) is 0 Å². The highest BCUT2D eigenvalue weighted by Crippen LogP contribution is 2.22. The van der Waals surface area contributed by atoms with Crippen molar-refractivity contribution in [1.29, 1.82) is 0 Å². The fourth-order valence-corrected chi connectivity index (χ4v) is 3.09. The molecule has 5 nitrogen and oxygen atoms in total. The second-order valence-electron chi connectivity index (χ2n) is 4.42. The maximum Gasteiger partial charge on any atom is 0.261 e. The Morgan fingerprint density at radius 2 is 1.65 bits per heavy atom. The Balaban J connectivity index is 1.87. The van der Waals surface area contributed by atoms with Gasteiger partial charge in [-0.05, 0) is 18.6 Å². The Morgan fingerprint density at radius 3 is 2.15 bits per heavy atom.